The van der Waals surface area contributed by atoms with Crippen LogP contribution in [0.3, 0.4) is 0 Å². The number of imidazole rings is 1. The number of carbonyl (C=O) groups is 1. The first-order valence-corrected chi connectivity index (χ1v) is 11.8. The van der Waals surface area contributed by atoms with E-state index in [0.29, 0.717) is 32.7 Å². The normalized spacial score (nSPS) is 15.9. The Hall–Kier alpha value is -3.67. The molecule has 5 rings (SSSR count). The second kappa shape index (κ2) is 9.67. The van der Waals surface area contributed by atoms with E-state index in [1.807, 2.05) is 35.2 Å². The third kappa shape index (κ3) is 4.67. The van der Waals surface area contributed by atoms with Crippen LogP contribution in [-0.4, -0.2) is 33.5 Å². The van der Waals surface area contributed by atoms with Crippen LogP contribution in [0.4, 0.5) is 4.39 Å². The number of para-hydroxylation sites is 2. The van der Waals surface area contributed by atoms with Crippen molar-refractivity contribution >= 4 is 16.9 Å². The van der Waals surface area contributed by atoms with Crippen molar-refractivity contribution in [3.8, 4) is 5.75 Å². The van der Waals surface area contributed by atoms with E-state index in [-0.39, 0.29) is 17.6 Å². The Morgan fingerprint density at radius 3 is 2.50 bits per heavy atom. The zero-order valence-corrected chi connectivity index (χ0v) is 19.3. The number of aromatic nitrogens is 2. The Morgan fingerprint density at radius 1 is 1.00 bits per heavy atom. The summed E-state index contributed by atoms with van der Waals surface area (Å²) in [7, 11) is 0. The van der Waals surface area contributed by atoms with Crippen LogP contribution in [0.1, 0.15) is 36.2 Å². The van der Waals surface area contributed by atoms with Crippen LogP contribution in [0.5, 0.6) is 5.75 Å². The zero-order valence-electron chi connectivity index (χ0n) is 19.3. The number of nitrogens with zero attached hydrogens (tertiary/aromatic N) is 3. The number of hydrogen-bond donors (Lipinski definition) is 0. The minimum absolute atomic E-state index is 0.00388. The molecule has 0 N–H and O–H groups in total. The molecule has 1 atom stereocenters. The monoisotopic (exact) mass is 457 g/mol. The number of amides is 1. The fourth-order valence-corrected chi connectivity index (χ4v) is 4.63. The van der Waals surface area contributed by atoms with Crippen LogP contribution in [0, 0.1) is 5.82 Å². The van der Waals surface area contributed by atoms with E-state index in [0.717, 1.165) is 34.6 Å². The lowest BCUT2D eigenvalue weighted by atomic mass is 10.1. The van der Waals surface area contributed by atoms with Gasteiger partial charge in [-0.2, -0.15) is 0 Å². The summed E-state index contributed by atoms with van der Waals surface area (Å²) in [4.78, 5) is 19.5. The molecule has 0 aliphatic carbocycles. The quantitative estimate of drug-likeness (QED) is 0.359. The predicted octanol–water partition coefficient (Wildman–Crippen LogP) is 5.33. The maximum Gasteiger partial charge on any atom is 0.223 e. The van der Waals surface area contributed by atoms with Gasteiger partial charge in [0.15, 0.2) is 0 Å². The van der Waals surface area contributed by atoms with Gasteiger partial charge in [-0.3, -0.25) is 4.79 Å². The number of likely N-dealkylation sites (tertiary alicyclic amines) is 1. The van der Waals surface area contributed by atoms with Gasteiger partial charge in [0, 0.05) is 25.4 Å². The van der Waals surface area contributed by atoms with Crippen molar-refractivity contribution in [3.63, 3.8) is 0 Å². The molecule has 0 radical (unpaired) electrons. The van der Waals surface area contributed by atoms with Crippen LogP contribution in [0.2, 0.25) is 0 Å². The summed E-state index contributed by atoms with van der Waals surface area (Å²) in [6.07, 6.45) is 1.42. The topological polar surface area (TPSA) is 47.4 Å². The molecule has 0 spiro atoms. The third-order valence-corrected chi connectivity index (χ3v) is 6.47. The van der Waals surface area contributed by atoms with E-state index in [1.165, 1.54) is 17.7 Å². The number of hydrogen-bond acceptors (Lipinski definition) is 3. The van der Waals surface area contributed by atoms with E-state index in [2.05, 4.69) is 29.7 Å². The fraction of sp³-hybridized carbons (Fsp3) is 0.286. The number of carbonyl (C=O) groups excluding carboxylic acids is 1. The van der Waals surface area contributed by atoms with Crippen molar-refractivity contribution < 1.29 is 13.9 Å². The van der Waals surface area contributed by atoms with Crippen molar-refractivity contribution in [2.45, 2.75) is 38.8 Å². The molecule has 6 heteroatoms. The van der Waals surface area contributed by atoms with E-state index in [9.17, 15) is 9.18 Å². The van der Waals surface area contributed by atoms with Gasteiger partial charge in [0.2, 0.25) is 5.91 Å². The second-order valence-corrected chi connectivity index (χ2v) is 8.76. The lowest BCUT2D eigenvalue weighted by molar-refractivity contribution is -0.128. The Morgan fingerprint density at radius 2 is 1.74 bits per heavy atom. The molecule has 0 saturated carbocycles. The Labute approximate surface area is 198 Å². The van der Waals surface area contributed by atoms with Gasteiger partial charge >= 0.3 is 0 Å². The molecule has 1 amide bonds. The van der Waals surface area contributed by atoms with Crippen LogP contribution in [-0.2, 0) is 24.3 Å². The maximum atomic E-state index is 13.2. The Kier molecular flexibility index (Phi) is 6.30. The maximum absolute atomic E-state index is 13.2. The van der Waals surface area contributed by atoms with Gasteiger partial charge in [-0.05, 0) is 53.9 Å². The van der Waals surface area contributed by atoms with Gasteiger partial charge in [0.1, 0.15) is 24.0 Å². The zero-order chi connectivity index (χ0) is 23.5. The number of fused-ring (bicyclic) bond motifs is 1. The van der Waals surface area contributed by atoms with Gasteiger partial charge in [-0.1, -0.05) is 43.3 Å². The smallest absolute Gasteiger partial charge is 0.223 e. The lowest BCUT2D eigenvalue weighted by Gasteiger charge is -2.17. The fourth-order valence-electron chi connectivity index (χ4n) is 4.63. The first-order valence-electron chi connectivity index (χ1n) is 11.8. The molecule has 1 aromatic heterocycles. The van der Waals surface area contributed by atoms with E-state index < -0.39 is 0 Å². The highest BCUT2D eigenvalue weighted by molar-refractivity contribution is 5.81. The van der Waals surface area contributed by atoms with Crippen molar-refractivity contribution in [1.29, 1.82) is 0 Å². The Bertz CT molecular complexity index is 1280. The van der Waals surface area contributed by atoms with E-state index in [4.69, 9.17) is 9.72 Å². The van der Waals surface area contributed by atoms with Gasteiger partial charge in [0.05, 0.1) is 17.6 Å². The Balaban J connectivity index is 1.33. The number of ether oxygens (including phenoxy) is 1. The number of halogens is 1. The summed E-state index contributed by atoms with van der Waals surface area (Å²) in [6, 6.07) is 22.6. The molecule has 5 nitrogen and oxygen atoms in total. The van der Waals surface area contributed by atoms with Gasteiger partial charge in [-0.15, -0.1) is 0 Å². The van der Waals surface area contributed by atoms with Crippen molar-refractivity contribution in [1.82, 2.24) is 14.5 Å². The molecule has 174 valence electrons. The molecule has 1 saturated heterocycles. The minimum atomic E-state index is -0.272. The van der Waals surface area contributed by atoms with E-state index >= 15 is 0 Å². The summed E-state index contributed by atoms with van der Waals surface area (Å²) in [5, 5.41) is 0. The minimum Gasteiger partial charge on any atom is -0.492 e. The molecule has 2 heterocycles. The van der Waals surface area contributed by atoms with Crippen molar-refractivity contribution in [2.75, 3.05) is 13.2 Å². The SMILES string of the molecule is CCc1ccc(OCCn2c([C@H]3CC(=O)N(Cc4ccc(F)cc4)C3)nc3ccccc32)cc1. The molecule has 1 aliphatic rings. The molecule has 34 heavy (non-hydrogen) atoms. The van der Waals surface area contributed by atoms with Crippen molar-refractivity contribution in [3.05, 3.63) is 95.6 Å². The molecule has 0 bridgehead atoms. The highest BCUT2D eigenvalue weighted by Crippen LogP contribution is 2.31. The molecule has 4 aromatic rings. The molecular weight excluding hydrogens is 429 g/mol. The van der Waals surface area contributed by atoms with Gasteiger partial charge < -0.3 is 14.2 Å². The van der Waals surface area contributed by atoms with Crippen LogP contribution >= 0.6 is 0 Å². The molecule has 1 fully saturated rings. The van der Waals surface area contributed by atoms with Gasteiger partial charge in [0.25, 0.3) is 0 Å². The number of benzene rings is 3. The predicted molar refractivity (Wildman–Crippen MR) is 130 cm³/mol. The third-order valence-electron chi connectivity index (χ3n) is 6.47. The summed E-state index contributed by atoms with van der Waals surface area (Å²) in [5.41, 5.74) is 4.18. The first kappa shape index (κ1) is 22.1. The largest absolute Gasteiger partial charge is 0.492 e. The van der Waals surface area contributed by atoms with Crippen LogP contribution < -0.4 is 4.74 Å². The van der Waals surface area contributed by atoms with Crippen LogP contribution in [0.15, 0.2) is 72.8 Å². The molecule has 3 aromatic carbocycles. The highest BCUT2D eigenvalue weighted by Gasteiger charge is 2.34. The summed E-state index contributed by atoms with van der Waals surface area (Å²) in [5.74, 6) is 1.60. The average Bonchev–Trinajstić information content (AvgIpc) is 3.41. The summed E-state index contributed by atoms with van der Waals surface area (Å²) < 4.78 is 21.5. The highest BCUT2D eigenvalue weighted by atomic mass is 19.1. The standard InChI is InChI=1S/C28H28FN3O2/c1-2-20-9-13-24(14-10-20)34-16-15-32-26-6-4-3-5-25(26)30-28(32)22-17-27(33)31(19-22)18-21-7-11-23(29)12-8-21/h3-14,22H,2,15-19H2,1H3/t22-/m0/s1. The summed E-state index contributed by atoms with van der Waals surface area (Å²) >= 11 is 0. The first-order chi connectivity index (χ1) is 16.6. The number of rotatable bonds is 8. The number of aryl methyl sites for hydroxylation is 1. The molecule has 1 aliphatic heterocycles. The summed E-state index contributed by atoms with van der Waals surface area (Å²) in [6.45, 7) is 4.37. The lowest BCUT2D eigenvalue weighted by Crippen LogP contribution is -2.24. The molecular formula is C28H28FN3O2. The average molecular weight is 458 g/mol. The van der Waals surface area contributed by atoms with Crippen LogP contribution in [0.25, 0.3) is 11.0 Å². The van der Waals surface area contributed by atoms with Gasteiger partial charge in [-0.25, -0.2) is 9.37 Å². The molecule has 0 unspecified atom stereocenters. The van der Waals surface area contributed by atoms with E-state index in [1.54, 1.807) is 12.1 Å². The van der Waals surface area contributed by atoms with Crippen molar-refractivity contribution in [2.24, 2.45) is 0 Å². The second-order valence-electron chi connectivity index (χ2n) is 8.76.